The van der Waals surface area contributed by atoms with Crippen molar-refractivity contribution in [3.63, 3.8) is 0 Å². The number of pyridine rings is 1. The van der Waals surface area contributed by atoms with E-state index in [9.17, 15) is 9.59 Å². The van der Waals surface area contributed by atoms with E-state index in [-0.39, 0.29) is 30.4 Å². The predicted octanol–water partition coefficient (Wildman–Crippen LogP) is 0.343. The molecule has 0 saturated carbocycles. The molecule has 1 aromatic heterocycles. The minimum atomic E-state index is -0.384. The molecule has 1 aromatic rings. The van der Waals surface area contributed by atoms with Crippen LogP contribution >= 0.6 is 0 Å². The minimum absolute atomic E-state index is 0.0854. The van der Waals surface area contributed by atoms with E-state index in [0.717, 1.165) is 17.8 Å². The Hall–Kier alpha value is -1.95. The second-order valence-corrected chi connectivity index (χ2v) is 4.67. The smallest absolute Gasteiger partial charge is 0.249 e. The van der Waals surface area contributed by atoms with Crippen molar-refractivity contribution in [2.75, 3.05) is 11.4 Å². The number of piperazine rings is 1. The quantitative estimate of drug-likeness (QED) is 0.767. The molecule has 2 unspecified atom stereocenters. The van der Waals surface area contributed by atoms with Gasteiger partial charge >= 0.3 is 0 Å². The summed E-state index contributed by atoms with van der Waals surface area (Å²) in [6, 6.07) is 3.22. The Kier molecular flexibility index (Phi) is 3.80. The molecule has 19 heavy (non-hydrogen) atoms. The fourth-order valence-corrected chi connectivity index (χ4v) is 2.03. The topological polar surface area (TPSA) is 88.3 Å². The number of nitrogens with two attached hydrogens (primary N) is 1. The standard InChI is InChI=1S/C13H18N4O2/c1-3-10(14)11-5-4-9(6-15-11)17-7-12(18)16-13(19)8(17)2/h4-6,8,10H,3,7,14H2,1-2H3,(H,16,18,19). The highest BCUT2D eigenvalue weighted by Crippen LogP contribution is 2.20. The first-order chi connectivity index (χ1) is 9.02. The fourth-order valence-electron chi connectivity index (χ4n) is 2.03. The summed E-state index contributed by atoms with van der Waals surface area (Å²) in [5.41, 5.74) is 7.46. The van der Waals surface area contributed by atoms with Crippen molar-refractivity contribution in [1.82, 2.24) is 10.3 Å². The Bertz CT molecular complexity index is 486. The van der Waals surface area contributed by atoms with Crippen molar-refractivity contribution in [2.45, 2.75) is 32.4 Å². The molecule has 2 heterocycles. The largest absolute Gasteiger partial charge is 0.349 e. The van der Waals surface area contributed by atoms with Crippen LogP contribution < -0.4 is 16.0 Å². The monoisotopic (exact) mass is 262 g/mol. The molecule has 6 nitrogen and oxygen atoms in total. The number of rotatable bonds is 3. The van der Waals surface area contributed by atoms with Gasteiger partial charge in [0.1, 0.15) is 6.04 Å². The number of nitrogens with one attached hydrogen (secondary N) is 1. The highest BCUT2D eigenvalue weighted by atomic mass is 16.2. The van der Waals surface area contributed by atoms with E-state index < -0.39 is 0 Å². The molecule has 3 N–H and O–H groups in total. The van der Waals surface area contributed by atoms with Crippen LogP contribution in [-0.4, -0.2) is 29.4 Å². The lowest BCUT2D eigenvalue weighted by Gasteiger charge is -2.33. The van der Waals surface area contributed by atoms with Gasteiger partial charge in [-0.3, -0.25) is 19.9 Å². The van der Waals surface area contributed by atoms with E-state index in [0.29, 0.717) is 0 Å². The molecule has 1 saturated heterocycles. The molecule has 2 amide bonds. The van der Waals surface area contributed by atoms with E-state index in [2.05, 4.69) is 10.3 Å². The van der Waals surface area contributed by atoms with Gasteiger partial charge in [0.25, 0.3) is 0 Å². The summed E-state index contributed by atoms with van der Waals surface area (Å²) in [6.07, 6.45) is 2.47. The summed E-state index contributed by atoms with van der Waals surface area (Å²) >= 11 is 0. The van der Waals surface area contributed by atoms with E-state index in [1.54, 1.807) is 18.0 Å². The van der Waals surface area contributed by atoms with Gasteiger partial charge in [0.15, 0.2) is 0 Å². The third kappa shape index (κ3) is 2.73. The van der Waals surface area contributed by atoms with Crippen LogP contribution in [0.25, 0.3) is 0 Å². The average Bonchev–Trinajstić information content (AvgIpc) is 2.42. The number of nitrogens with zero attached hydrogens (tertiary/aromatic N) is 2. The maximum Gasteiger partial charge on any atom is 0.249 e. The number of carbonyl (C=O) groups excluding carboxylic acids is 2. The maximum atomic E-state index is 11.6. The number of aromatic nitrogens is 1. The Morgan fingerprint density at radius 3 is 2.84 bits per heavy atom. The van der Waals surface area contributed by atoms with Crippen LogP contribution in [-0.2, 0) is 9.59 Å². The normalized spacial score (nSPS) is 21.2. The van der Waals surface area contributed by atoms with E-state index in [1.807, 2.05) is 19.1 Å². The summed E-state index contributed by atoms with van der Waals surface area (Å²) in [7, 11) is 0. The zero-order valence-corrected chi connectivity index (χ0v) is 11.1. The number of hydrogen-bond donors (Lipinski definition) is 2. The van der Waals surface area contributed by atoms with Gasteiger partial charge in [0.05, 0.1) is 24.1 Å². The summed E-state index contributed by atoms with van der Waals surface area (Å²) in [5, 5.41) is 2.31. The summed E-state index contributed by atoms with van der Waals surface area (Å²) < 4.78 is 0. The predicted molar refractivity (Wildman–Crippen MR) is 71.4 cm³/mol. The van der Waals surface area contributed by atoms with Crippen molar-refractivity contribution in [3.05, 3.63) is 24.0 Å². The van der Waals surface area contributed by atoms with Crippen molar-refractivity contribution >= 4 is 17.5 Å². The van der Waals surface area contributed by atoms with E-state index in [4.69, 9.17) is 5.73 Å². The molecule has 102 valence electrons. The van der Waals surface area contributed by atoms with Gasteiger partial charge in [0, 0.05) is 6.04 Å². The van der Waals surface area contributed by atoms with Crippen molar-refractivity contribution < 1.29 is 9.59 Å². The van der Waals surface area contributed by atoms with Crippen molar-refractivity contribution in [1.29, 1.82) is 0 Å². The van der Waals surface area contributed by atoms with Gasteiger partial charge in [-0.15, -0.1) is 0 Å². The first-order valence-electron chi connectivity index (χ1n) is 6.34. The minimum Gasteiger partial charge on any atom is -0.349 e. The molecule has 0 bridgehead atoms. The van der Waals surface area contributed by atoms with Gasteiger partial charge in [-0.1, -0.05) is 6.92 Å². The molecule has 0 spiro atoms. The van der Waals surface area contributed by atoms with Crippen molar-refractivity contribution in [2.24, 2.45) is 5.73 Å². The van der Waals surface area contributed by atoms with Gasteiger partial charge in [-0.25, -0.2) is 0 Å². The number of amides is 2. The number of anilines is 1. The van der Waals surface area contributed by atoms with E-state index >= 15 is 0 Å². The zero-order valence-electron chi connectivity index (χ0n) is 11.1. The molecular weight excluding hydrogens is 244 g/mol. The van der Waals surface area contributed by atoms with Crippen molar-refractivity contribution in [3.8, 4) is 0 Å². The molecule has 6 heteroatoms. The van der Waals surface area contributed by atoms with Gasteiger partial charge in [0.2, 0.25) is 11.8 Å². The van der Waals surface area contributed by atoms with Crippen LogP contribution in [0, 0.1) is 0 Å². The Morgan fingerprint density at radius 2 is 2.26 bits per heavy atom. The zero-order chi connectivity index (χ0) is 14.0. The van der Waals surface area contributed by atoms with E-state index in [1.165, 1.54) is 0 Å². The van der Waals surface area contributed by atoms with Crippen LogP contribution in [0.4, 0.5) is 5.69 Å². The lowest BCUT2D eigenvalue weighted by atomic mass is 10.1. The lowest BCUT2D eigenvalue weighted by Crippen LogP contribution is -2.57. The van der Waals surface area contributed by atoms with Crippen LogP contribution in [0.5, 0.6) is 0 Å². The molecule has 2 atom stereocenters. The molecule has 0 aliphatic carbocycles. The molecular formula is C13H18N4O2. The van der Waals surface area contributed by atoms with Crippen LogP contribution in [0.15, 0.2) is 18.3 Å². The van der Waals surface area contributed by atoms with Gasteiger partial charge in [-0.05, 0) is 25.5 Å². The third-order valence-electron chi connectivity index (χ3n) is 3.35. The highest BCUT2D eigenvalue weighted by Gasteiger charge is 2.30. The number of hydrogen-bond acceptors (Lipinski definition) is 5. The third-order valence-corrected chi connectivity index (χ3v) is 3.35. The summed E-state index contributed by atoms with van der Waals surface area (Å²) in [4.78, 5) is 29.0. The molecule has 2 rings (SSSR count). The average molecular weight is 262 g/mol. The molecule has 1 aliphatic heterocycles. The van der Waals surface area contributed by atoms with Crippen LogP contribution in [0.3, 0.4) is 0 Å². The number of carbonyl (C=O) groups is 2. The maximum absolute atomic E-state index is 11.6. The fraction of sp³-hybridized carbons (Fsp3) is 0.462. The lowest BCUT2D eigenvalue weighted by molar-refractivity contribution is -0.132. The first kappa shape index (κ1) is 13.5. The molecule has 0 aromatic carbocycles. The second-order valence-electron chi connectivity index (χ2n) is 4.67. The SMILES string of the molecule is CCC(N)c1ccc(N2CC(=O)NC(=O)C2C)cn1. The molecule has 0 radical (unpaired) electrons. The van der Waals surface area contributed by atoms with Crippen LogP contribution in [0.1, 0.15) is 32.0 Å². The Labute approximate surface area is 112 Å². The summed E-state index contributed by atoms with van der Waals surface area (Å²) in [6.45, 7) is 3.91. The molecule has 1 fully saturated rings. The summed E-state index contributed by atoms with van der Waals surface area (Å²) in [5.74, 6) is -0.581. The number of imide groups is 1. The van der Waals surface area contributed by atoms with Crippen LogP contribution in [0.2, 0.25) is 0 Å². The van der Waals surface area contributed by atoms with Gasteiger partial charge < -0.3 is 10.6 Å². The first-order valence-corrected chi connectivity index (χ1v) is 6.34. The Morgan fingerprint density at radius 1 is 1.53 bits per heavy atom. The highest BCUT2D eigenvalue weighted by molar-refractivity contribution is 6.04. The molecule has 1 aliphatic rings. The van der Waals surface area contributed by atoms with Gasteiger partial charge in [-0.2, -0.15) is 0 Å². The Balaban J connectivity index is 2.21. The second kappa shape index (κ2) is 5.36.